The number of aryl methyl sites for hydroxylation is 4. The van der Waals surface area contributed by atoms with Crippen LogP contribution < -0.4 is 5.32 Å². The third kappa shape index (κ3) is 2.67. The molecule has 0 aliphatic carbocycles. The maximum Gasteiger partial charge on any atom is 0.134 e. The van der Waals surface area contributed by atoms with Gasteiger partial charge in [-0.1, -0.05) is 13.8 Å². The molecule has 0 saturated carbocycles. The van der Waals surface area contributed by atoms with Crippen LogP contribution in [-0.4, -0.2) is 19.7 Å². The topological polar surface area (TPSA) is 55.6 Å². The fourth-order valence-corrected chi connectivity index (χ4v) is 1.91. The normalized spacial score (nSPS) is 10.7. The van der Waals surface area contributed by atoms with Crippen LogP contribution in [0, 0.1) is 6.92 Å². The number of nitrogens with zero attached hydrogens (tertiary/aromatic N) is 4. The minimum Gasteiger partial charge on any atom is -0.337 e. The van der Waals surface area contributed by atoms with Crippen molar-refractivity contribution in [1.29, 1.82) is 0 Å². The summed E-state index contributed by atoms with van der Waals surface area (Å²) in [7, 11) is 1.92. The first-order valence-corrected chi connectivity index (χ1v) is 6.26. The van der Waals surface area contributed by atoms with Crippen molar-refractivity contribution in [3.05, 3.63) is 29.5 Å². The van der Waals surface area contributed by atoms with E-state index in [1.807, 2.05) is 30.9 Å². The Morgan fingerprint density at radius 3 is 2.67 bits per heavy atom. The van der Waals surface area contributed by atoms with Gasteiger partial charge < -0.3 is 5.32 Å². The zero-order valence-corrected chi connectivity index (χ0v) is 11.4. The third-order valence-corrected chi connectivity index (χ3v) is 2.76. The average Bonchev–Trinajstić information content (AvgIpc) is 2.68. The summed E-state index contributed by atoms with van der Waals surface area (Å²) in [5, 5.41) is 7.73. The highest BCUT2D eigenvalue weighted by molar-refractivity contribution is 5.58. The van der Waals surface area contributed by atoms with Crippen molar-refractivity contribution in [2.24, 2.45) is 7.05 Å². The summed E-state index contributed by atoms with van der Waals surface area (Å²) in [6, 6.07) is 1.99. The molecule has 0 spiro atoms. The maximum absolute atomic E-state index is 4.40. The molecule has 0 atom stereocenters. The van der Waals surface area contributed by atoms with Crippen molar-refractivity contribution in [2.45, 2.75) is 33.6 Å². The van der Waals surface area contributed by atoms with Gasteiger partial charge >= 0.3 is 0 Å². The lowest BCUT2D eigenvalue weighted by Gasteiger charge is -2.07. The summed E-state index contributed by atoms with van der Waals surface area (Å²) in [5.41, 5.74) is 3.11. The van der Waals surface area contributed by atoms with E-state index >= 15 is 0 Å². The number of hydrogen-bond acceptors (Lipinski definition) is 4. The summed E-state index contributed by atoms with van der Waals surface area (Å²) in [6.45, 7) is 6.09. The molecule has 0 aromatic carbocycles. The van der Waals surface area contributed by atoms with E-state index < -0.39 is 0 Å². The van der Waals surface area contributed by atoms with Crippen molar-refractivity contribution < 1.29 is 0 Å². The molecular formula is C13H19N5. The first-order valence-electron chi connectivity index (χ1n) is 6.26. The largest absolute Gasteiger partial charge is 0.337 e. The van der Waals surface area contributed by atoms with Gasteiger partial charge in [0.25, 0.3) is 0 Å². The van der Waals surface area contributed by atoms with Gasteiger partial charge in [-0.05, 0) is 19.8 Å². The van der Waals surface area contributed by atoms with E-state index in [1.54, 1.807) is 0 Å². The second kappa shape index (κ2) is 5.16. The van der Waals surface area contributed by atoms with Gasteiger partial charge in [0.05, 0.1) is 11.4 Å². The van der Waals surface area contributed by atoms with Crippen molar-refractivity contribution in [3.8, 4) is 0 Å². The lowest BCUT2D eigenvalue weighted by atomic mass is 10.3. The van der Waals surface area contributed by atoms with E-state index in [0.717, 1.165) is 41.6 Å². The molecule has 18 heavy (non-hydrogen) atoms. The van der Waals surface area contributed by atoms with E-state index in [9.17, 15) is 0 Å². The van der Waals surface area contributed by atoms with E-state index in [0.29, 0.717) is 0 Å². The van der Waals surface area contributed by atoms with Crippen molar-refractivity contribution in [2.75, 3.05) is 5.32 Å². The standard InChI is InChI=1S/C13H19N5/c1-5-10-7-13(15-9(3)14-10)16-12-8-18(4)17-11(12)6-2/h7-8H,5-6H2,1-4H3,(H,14,15,16). The Balaban J connectivity index is 2.30. The molecule has 1 N–H and O–H groups in total. The molecule has 96 valence electrons. The molecule has 2 aromatic heterocycles. The highest BCUT2D eigenvalue weighted by atomic mass is 15.3. The smallest absolute Gasteiger partial charge is 0.134 e. The van der Waals surface area contributed by atoms with Gasteiger partial charge in [0, 0.05) is 25.0 Å². The van der Waals surface area contributed by atoms with E-state index in [2.05, 4.69) is 34.2 Å². The fourth-order valence-electron chi connectivity index (χ4n) is 1.91. The van der Waals surface area contributed by atoms with E-state index in [4.69, 9.17) is 0 Å². The second-order valence-electron chi connectivity index (χ2n) is 4.29. The summed E-state index contributed by atoms with van der Waals surface area (Å²) < 4.78 is 1.82. The van der Waals surface area contributed by atoms with E-state index in [-0.39, 0.29) is 0 Å². The minimum atomic E-state index is 0.791. The molecule has 0 unspecified atom stereocenters. The quantitative estimate of drug-likeness (QED) is 0.898. The molecule has 0 fully saturated rings. The monoisotopic (exact) mass is 245 g/mol. The Bertz CT molecular complexity index is 544. The van der Waals surface area contributed by atoms with Crippen molar-refractivity contribution in [1.82, 2.24) is 19.7 Å². The van der Waals surface area contributed by atoms with Crippen molar-refractivity contribution in [3.63, 3.8) is 0 Å². The summed E-state index contributed by atoms with van der Waals surface area (Å²) in [4.78, 5) is 8.77. The Hall–Kier alpha value is -1.91. The Morgan fingerprint density at radius 1 is 1.22 bits per heavy atom. The number of anilines is 2. The summed E-state index contributed by atoms with van der Waals surface area (Å²) in [5.74, 6) is 1.63. The molecular weight excluding hydrogens is 226 g/mol. The molecule has 5 nitrogen and oxygen atoms in total. The maximum atomic E-state index is 4.40. The summed E-state index contributed by atoms with van der Waals surface area (Å²) in [6.07, 6.45) is 3.78. The van der Waals surface area contributed by atoms with Gasteiger partial charge in [0.2, 0.25) is 0 Å². The predicted molar refractivity (Wildman–Crippen MR) is 72.0 cm³/mol. The van der Waals surface area contributed by atoms with Gasteiger partial charge in [0.15, 0.2) is 0 Å². The SMILES string of the molecule is CCc1cc(Nc2cn(C)nc2CC)nc(C)n1. The lowest BCUT2D eigenvalue weighted by Crippen LogP contribution is -2.01. The van der Waals surface area contributed by atoms with Crippen LogP contribution in [0.3, 0.4) is 0 Å². The fraction of sp³-hybridized carbons (Fsp3) is 0.462. The van der Waals surface area contributed by atoms with Crippen molar-refractivity contribution >= 4 is 11.5 Å². The lowest BCUT2D eigenvalue weighted by molar-refractivity contribution is 0.746. The van der Waals surface area contributed by atoms with E-state index in [1.165, 1.54) is 0 Å². The number of nitrogens with one attached hydrogen (secondary N) is 1. The average molecular weight is 245 g/mol. The Morgan fingerprint density at radius 2 is 2.00 bits per heavy atom. The number of hydrogen-bond donors (Lipinski definition) is 1. The van der Waals surface area contributed by atoms with Crippen LogP contribution >= 0.6 is 0 Å². The van der Waals surface area contributed by atoms with Gasteiger partial charge in [-0.25, -0.2) is 9.97 Å². The molecule has 0 radical (unpaired) electrons. The molecule has 0 saturated heterocycles. The van der Waals surface area contributed by atoms with Crippen LogP contribution in [0.2, 0.25) is 0 Å². The van der Waals surface area contributed by atoms with Crippen LogP contribution in [0.5, 0.6) is 0 Å². The van der Waals surface area contributed by atoms with Crippen LogP contribution in [0.4, 0.5) is 11.5 Å². The van der Waals surface area contributed by atoms with Gasteiger partial charge in [-0.15, -0.1) is 0 Å². The molecule has 5 heteroatoms. The molecule has 2 heterocycles. The van der Waals surface area contributed by atoms with Crippen LogP contribution in [0.15, 0.2) is 12.3 Å². The molecule has 0 aliphatic heterocycles. The zero-order valence-electron chi connectivity index (χ0n) is 11.4. The first kappa shape index (κ1) is 12.5. The molecule has 0 bridgehead atoms. The first-order chi connectivity index (χ1) is 8.62. The van der Waals surface area contributed by atoms with Gasteiger partial charge in [-0.2, -0.15) is 5.10 Å². The zero-order chi connectivity index (χ0) is 13.1. The van der Waals surface area contributed by atoms with Gasteiger partial charge in [0.1, 0.15) is 11.6 Å². The molecule has 2 aromatic rings. The predicted octanol–water partition coefficient (Wildman–Crippen LogP) is 2.39. The second-order valence-corrected chi connectivity index (χ2v) is 4.29. The molecule has 2 rings (SSSR count). The van der Waals surface area contributed by atoms with Gasteiger partial charge in [-0.3, -0.25) is 4.68 Å². The Kier molecular flexibility index (Phi) is 3.60. The van der Waals surface area contributed by atoms with Crippen LogP contribution in [0.25, 0.3) is 0 Å². The summed E-state index contributed by atoms with van der Waals surface area (Å²) >= 11 is 0. The number of aromatic nitrogens is 4. The van der Waals surface area contributed by atoms with Crippen LogP contribution in [-0.2, 0) is 19.9 Å². The highest BCUT2D eigenvalue weighted by Crippen LogP contribution is 2.19. The minimum absolute atomic E-state index is 0.791. The molecule has 0 amide bonds. The highest BCUT2D eigenvalue weighted by Gasteiger charge is 2.07. The molecule has 0 aliphatic rings. The third-order valence-electron chi connectivity index (χ3n) is 2.76. The number of rotatable bonds is 4. The van der Waals surface area contributed by atoms with Crippen LogP contribution in [0.1, 0.15) is 31.1 Å². The Labute approximate surface area is 107 Å².